The zero-order valence-corrected chi connectivity index (χ0v) is 8.52. The molecule has 0 aromatic carbocycles. The first-order valence-corrected chi connectivity index (χ1v) is 5.30. The maximum absolute atomic E-state index is 11.5. The van der Waals surface area contributed by atoms with Gasteiger partial charge in [0, 0.05) is 13.1 Å². The summed E-state index contributed by atoms with van der Waals surface area (Å²) in [6, 6.07) is 0. The molecule has 1 amide bonds. The van der Waals surface area contributed by atoms with Crippen molar-refractivity contribution in [1.29, 1.82) is 0 Å². The molecule has 3 heteroatoms. The Labute approximate surface area is 84.4 Å². The molecule has 0 aromatic rings. The van der Waals surface area contributed by atoms with Gasteiger partial charge in [0.05, 0.1) is 6.10 Å². The van der Waals surface area contributed by atoms with Crippen LogP contribution in [0.25, 0.3) is 0 Å². The third-order valence-electron chi connectivity index (χ3n) is 3.35. The van der Waals surface area contributed by atoms with Crippen molar-refractivity contribution in [3.05, 3.63) is 12.2 Å². The summed E-state index contributed by atoms with van der Waals surface area (Å²) in [6.07, 6.45) is 5.04. The number of hydrogen-bond acceptors (Lipinski definition) is 2. The number of hydrogen-bond donors (Lipinski definition) is 1. The minimum Gasteiger partial charge on any atom is -0.393 e. The largest absolute Gasteiger partial charge is 0.393 e. The standard InChI is InChI=1S/C11H17NO2/c1-2-3-11(14)12-6-8-4-10(13)5-9(8)7-12/h2-3,8-10,13H,4-7H2,1H3. The maximum Gasteiger partial charge on any atom is 0.246 e. The normalized spacial score (nSPS) is 36.7. The number of aliphatic hydroxyl groups excluding tert-OH is 1. The predicted octanol–water partition coefficient (Wildman–Crippen LogP) is 0.792. The molecule has 1 heterocycles. The molecule has 0 radical (unpaired) electrons. The first-order chi connectivity index (χ1) is 6.70. The molecule has 1 saturated heterocycles. The van der Waals surface area contributed by atoms with Gasteiger partial charge < -0.3 is 10.0 Å². The highest BCUT2D eigenvalue weighted by Crippen LogP contribution is 2.37. The van der Waals surface area contributed by atoms with Gasteiger partial charge in [-0.05, 0) is 37.7 Å². The van der Waals surface area contributed by atoms with Crippen LogP contribution in [0.2, 0.25) is 0 Å². The van der Waals surface area contributed by atoms with Crippen LogP contribution < -0.4 is 0 Å². The number of rotatable bonds is 1. The van der Waals surface area contributed by atoms with Crippen LogP contribution >= 0.6 is 0 Å². The van der Waals surface area contributed by atoms with Crippen molar-refractivity contribution in [1.82, 2.24) is 4.90 Å². The predicted molar refractivity (Wildman–Crippen MR) is 53.6 cm³/mol. The molecule has 2 unspecified atom stereocenters. The van der Waals surface area contributed by atoms with Gasteiger partial charge in [0.25, 0.3) is 0 Å². The average Bonchev–Trinajstić information content (AvgIpc) is 2.61. The van der Waals surface area contributed by atoms with E-state index in [-0.39, 0.29) is 12.0 Å². The van der Waals surface area contributed by atoms with Gasteiger partial charge in [-0.25, -0.2) is 0 Å². The number of aliphatic hydroxyl groups is 1. The molecule has 1 N–H and O–H groups in total. The molecule has 0 aromatic heterocycles. The van der Waals surface area contributed by atoms with E-state index in [1.807, 2.05) is 11.8 Å². The SMILES string of the molecule is CC=CC(=O)N1CC2CC(O)CC2C1. The molecule has 78 valence electrons. The van der Waals surface area contributed by atoms with Gasteiger partial charge in [0.2, 0.25) is 5.91 Å². The lowest BCUT2D eigenvalue weighted by Gasteiger charge is -2.15. The van der Waals surface area contributed by atoms with E-state index in [0.717, 1.165) is 25.9 Å². The van der Waals surface area contributed by atoms with Gasteiger partial charge in [-0.1, -0.05) is 6.08 Å². The van der Waals surface area contributed by atoms with Crippen LogP contribution in [0.1, 0.15) is 19.8 Å². The van der Waals surface area contributed by atoms with E-state index in [2.05, 4.69) is 0 Å². The van der Waals surface area contributed by atoms with Crippen LogP contribution in [-0.2, 0) is 4.79 Å². The first-order valence-electron chi connectivity index (χ1n) is 5.30. The zero-order chi connectivity index (χ0) is 10.1. The molecular weight excluding hydrogens is 178 g/mol. The quantitative estimate of drug-likeness (QED) is 0.628. The van der Waals surface area contributed by atoms with Crippen molar-refractivity contribution >= 4 is 5.91 Å². The Bertz CT molecular complexity index is 248. The second-order valence-electron chi connectivity index (χ2n) is 4.39. The van der Waals surface area contributed by atoms with Crippen molar-refractivity contribution in [3.63, 3.8) is 0 Å². The number of nitrogens with zero attached hydrogens (tertiary/aromatic N) is 1. The molecule has 1 aliphatic heterocycles. The Hall–Kier alpha value is -0.830. The monoisotopic (exact) mass is 195 g/mol. The van der Waals surface area contributed by atoms with E-state index in [9.17, 15) is 9.90 Å². The van der Waals surface area contributed by atoms with E-state index in [4.69, 9.17) is 0 Å². The average molecular weight is 195 g/mol. The maximum atomic E-state index is 11.5. The third kappa shape index (κ3) is 1.69. The Morgan fingerprint density at radius 1 is 1.36 bits per heavy atom. The van der Waals surface area contributed by atoms with Crippen LogP contribution in [0, 0.1) is 11.8 Å². The molecule has 2 rings (SSSR count). The highest BCUT2D eigenvalue weighted by molar-refractivity contribution is 5.87. The summed E-state index contributed by atoms with van der Waals surface area (Å²) < 4.78 is 0. The summed E-state index contributed by atoms with van der Waals surface area (Å²) in [5.41, 5.74) is 0. The summed E-state index contributed by atoms with van der Waals surface area (Å²) in [5, 5.41) is 9.45. The van der Waals surface area contributed by atoms with Crippen molar-refractivity contribution in [3.8, 4) is 0 Å². The van der Waals surface area contributed by atoms with Crippen LogP contribution in [-0.4, -0.2) is 35.1 Å². The van der Waals surface area contributed by atoms with E-state index >= 15 is 0 Å². The molecule has 2 atom stereocenters. The van der Waals surface area contributed by atoms with Gasteiger partial charge in [0.1, 0.15) is 0 Å². The summed E-state index contributed by atoms with van der Waals surface area (Å²) >= 11 is 0. The van der Waals surface area contributed by atoms with Crippen LogP contribution in [0.15, 0.2) is 12.2 Å². The van der Waals surface area contributed by atoms with E-state index < -0.39 is 0 Å². The fourth-order valence-electron chi connectivity index (χ4n) is 2.70. The van der Waals surface area contributed by atoms with Gasteiger partial charge >= 0.3 is 0 Å². The topological polar surface area (TPSA) is 40.5 Å². The first kappa shape index (κ1) is 9.71. The number of likely N-dealkylation sites (tertiary alicyclic amines) is 1. The summed E-state index contributed by atoms with van der Waals surface area (Å²) in [5.74, 6) is 1.20. The van der Waals surface area contributed by atoms with Crippen molar-refractivity contribution < 1.29 is 9.90 Å². The van der Waals surface area contributed by atoms with Crippen molar-refractivity contribution in [2.24, 2.45) is 11.8 Å². The second kappa shape index (κ2) is 3.73. The number of amides is 1. The van der Waals surface area contributed by atoms with Gasteiger partial charge in [-0.15, -0.1) is 0 Å². The molecule has 1 aliphatic carbocycles. The zero-order valence-electron chi connectivity index (χ0n) is 8.52. The lowest BCUT2D eigenvalue weighted by Crippen LogP contribution is -2.28. The lowest BCUT2D eigenvalue weighted by atomic mass is 10.0. The van der Waals surface area contributed by atoms with Gasteiger partial charge in [-0.3, -0.25) is 4.79 Å². The minimum absolute atomic E-state index is 0.121. The Balaban J connectivity index is 1.94. The number of carbonyl (C=O) groups excluding carboxylic acids is 1. The molecule has 2 aliphatic rings. The highest BCUT2D eigenvalue weighted by atomic mass is 16.3. The molecule has 1 saturated carbocycles. The second-order valence-corrected chi connectivity index (χ2v) is 4.39. The smallest absolute Gasteiger partial charge is 0.246 e. The molecule has 14 heavy (non-hydrogen) atoms. The third-order valence-corrected chi connectivity index (χ3v) is 3.35. The molecule has 0 bridgehead atoms. The number of carbonyl (C=O) groups is 1. The molecule has 3 nitrogen and oxygen atoms in total. The molecular formula is C11H17NO2. The minimum atomic E-state index is -0.121. The van der Waals surface area contributed by atoms with Crippen LogP contribution in [0.5, 0.6) is 0 Å². The fraction of sp³-hybridized carbons (Fsp3) is 0.727. The lowest BCUT2D eigenvalue weighted by molar-refractivity contribution is -0.125. The fourth-order valence-corrected chi connectivity index (χ4v) is 2.70. The van der Waals surface area contributed by atoms with Gasteiger partial charge in [0.15, 0.2) is 0 Å². The van der Waals surface area contributed by atoms with Crippen molar-refractivity contribution in [2.45, 2.75) is 25.9 Å². The van der Waals surface area contributed by atoms with E-state index in [1.54, 1.807) is 12.2 Å². The number of allylic oxidation sites excluding steroid dienone is 1. The summed E-state index contributed by atoms with van der Waals surface area (Å²) in [4.78, 5) is 13.4. The van der Waals surface area contributed by atoms with Crippen LogP contribution in [0.3, 0.4) is 0 Å². The number of fused-ring (bicyclic) bond motifs is 1. The van der Waals surface area contributed by atoms with Crippen LogP contribution in [0.4, 0.5) is 0 Å². The van der Waals surface area contributed by atoms with E-state index in [1.165, 1.54) is 0 Å². The Kier molecular flexibility index (Phi) is 2.59. The summed E-state index contributed by atoms with van der Waals surface area (Å²) in [6.45, 7) is 3.54. The van der Waals surface area contributed by atoms with E-state index in [0.29, 0.717) is 11.8 Å². The molecule has 0 spiro atoms. The van der Waals surface area contributed by atoms with Gasteiger partial charge in [-0.2, -0.15) is 0 Å². The molecule has 2 fully saturated rings. The van der Waals surface area contributed by atoms with Crippen molar-refractivity contribution in [2.75, 3.05) is 13.1 Å². The Morgan fingerprint density at radius 3 is 2.43 bits per heavy atom. The summed E-state index contributed by atoms with van der Waals surface area (Å²) in [7, 11) is 0. The Morgan fingerprint density at radius 2 is 1.93 bits per heavy atom. The highest BCUT2D eigenvalue weighted by Gasteiger charge is 2.41.